The molecule has 0 fully saturated rings. The first-order chi connectivity index (χ1) is 16.1. The highest BCUT2D eigenvalue weighted by molar-refractivity contribution is 5.94. The third kappa shape index (κ3) is 3.96. The maximum Gasteiger partial charge on any atom is 0.293 e. The van der Waals surface area contributed by atoms with Crippen LogP contribution in [0.25, 0.3) is 5.82 Å². The van der Waals surface area contributed by atoms with Crippen LogP contribution in [-0.2, 0) is 13.0 Å². The fourth-order valence-corrected chi connectivity index (χ4v) is 3.66. The molecular weight excluding hydrogens is 426 g/mol. The van der Waals surface area contributed by atoms with E-state index in [1.54, 1.807) is 12.1 Å². The van der Waals surface area contributed by atoms with Gasteiger partial charge in [0.25, 0.3) is 5.91 Å². The van der Waals surface area contributed by atoms with Crippen molar-refractivity contribution in [1.29, 1.82) is 0 Å². The third-order valence-corrected chi connectivity index (χ3v) is 5.27. The number of hydrogen-bond donors (Lipinski definition) is 3. The number of hydrazone groups is 1. The third-order valence-electron chi connectivity index (χ3n) is 5.27. The van der Waals surface area contributed by atoms with Crippen LogP contribution in [-0.4, -0.2) is 49.1 Å². The molecule has 1 aliphatic heterocycles. The fraction of sp³-hybridized carbons (Fsp3) is 0.143. The molecule has 2 aromatic carbocycles. The summed E-state index contributed by atoms with van der Waals surface area (Å²) in [5.74, 6) is -0.228. The number of hydrogen-bond acceptors (Lipinski definition) is 10. The molecule has 12 nitrogen and oxygen atoms in total. The number of phenols is 1. The lowest BCUT2D eigenvalue weighted by Gasteiger charge is -2.19. The molecule has 1 amide bonds. The van der Waals surface area contributed by atoms with Crippen LogP contribution in [0.3, 0.4) is 0 Å². The van der Waals surface area contributed by atoms with Gasteiger partial charge in [0.2, 0.25) is 11.6 Å². The molecule has 3 heterocycles. The van der Waals surface area contributed by atoms with E-state index in [1.165, 1.54) is 28.6 Å². The van der Waals surface area contributed by atoms with Gasteiger partial charge in [-0.2, -0.15) is 9.78 Å². The van der Waals surface area contributed by atoms with Gasteiger partial charge in [-0.1, -0.05) is 23.4 Å². The zero-order valence-electron chi connectivity index (χ0n) is 17.3. The number of phenolic OH excluding ortho intramolecular Hbond substituents is 1. The summed E-state index contributed by atoms with van der Waals surface area (Å²) in [6.45, 7) is 1.11. The van der Waals surface area contributed by atoms with Crippen LogP contribution < -0.4 is 16.1 Å². The molecule has 0 saturated carbocycles. The van der Waals surface area contributed by atoms with Gasteiger partial charge >= 0.3 is 0 Å². The Morgan fingerprint density at radius 1 is 1.21 bits per heavy atom. The molecule has 166 valence electrons. The average Bonchev–Trinajstić information content (AvgIpc) is 3.54. The van der Waals surface area contributed by atoms with Gasteiger partial charge < -0.3 is 15.7 Å². The van der Waals surface area contributed by atoms with Gasteiger partial charge in [0.15, 0.2) is 5.69 Å². The van der Waals surface area contributed by atoms with Crippen LogP contribution in [0, 0.1) is 0 Å². The number of aromatic hydroxyl groups is 1. The molecule has 0 aliphatic carbocycles. The summed E-state index contributed by atoms with van der Waals surface area (Å²) in [5.41, 5.74) is 11.9. The monoisotopic (exact) mass is 445 g/mol. The molecule has 1 aliphatic rings. The van der Waals surface area contributed by atoms with E-state index in [9.17, 15) is 9.90 Å². The van der Waals surface area contributed by atoms with Crippen molar-refractivity contribution < 1.29 is 14.5 Å². The van der Waals surface area contributed by atoms with E-state index < -0.39 is 5.91 Å². The summed E-state index contributed by atoms with van der Waals surface area (Å²) in [5, 5.41) is 28.9. The smallest absolute Gasteiger partial charge is 0.293 e. The first-order valence-electron chi connectivity index (χ1n) is 10.1. The van der Waals surface area contributed by atoms with E-state index in [2.05, 4.69) is 42.1 Å². The van der Waals surface area contributed by atoms with Gasteiger partial charge in [-0.25, -0.2) is 10.1 Å². The number of para-hydroxylation sites is 1. The highest BCUT2D eigenvalue weighted by Crippen LogP contribution is 2.30. The zero-order chi connectivity index (χ0) is 22.8. The summed E-state index contributed by atoms with van der Waals surface area (Å²) < 4.78 is 6.06. The number of nitrogens with zero attached hydrogens (tertiary/aromatic N) is 7. The van der Waals surface area contributed by atoms with Gasteiger partial charge in [-0.05, 0) is 58.2 Å². The molecule has 2 aromatic heterocycles. The van der Waals surface area contributed by atoms with Crippen molar-refractivity contribution in [2.75, 3.05) is 17.2 Å². The van der Waals surface area contributed by atoms with Crippen LogP contribution in [0.2, 0.25) is 0 Å². The highest BCUT2D eigenvalue weighted by atomic mass is 16.6. The molecule has 0 atom stereocenters. The van der Waals surface area contributed by atoms with Gasteiger partial charge in [-0.15, -0.1) is 5.10 Å². The van der Waals surface area contributed by atoms with Crippen molar-refractivity contribution in [3.8, 4) is 11.6 Å². The lowest BCUT2D eigenvalue weighted by atomic mass is 10.2. The molecule has 0 saturated heterocycles. The second kappa shape index (κ2) is 8.42. The normalized spacial score (nSPS) is 12.9. The number of benzene rings is 2. The molecule has 0 bridgehead atoms. The minimum atomic E-state index is -0.547. The zero-order valence-corrected chi connectivity index (χ0v) is 17.3. The number of carbonyl (C=O) groups excluding carboxylic acids is 1. The molecule has 33 heavy (non-hydrogen) atoms. The number of rotatable bonds is 6. The van der Waals surface area contributed by atoms with Crippen LogP contribution >= 0.6 is 0 Å². The van der Waals surface area contributed by atoms with Crippen LogP contribution in [0.4, 0.5) is 11.5 Å². The van der Waals surface area contributed by atoms with E-state index >= 15 is 0 Å². The van der Waals surface area contributed by atoms with E-state index in [4.69, 9.17) is 10.4 Å². The van der Waals surface area contributed by atoms with Crippen molar-refractivity contribution in [1.82, 2.24) is 30.7 Å². The standard InChI is InChI=1S/C21H19N9O3/c22-19-20(27-33-26-19)30-17(12-29-10-9-14-3-1-2-4-16(14)29)18(24-28-30)21(32)25-23-11-13-5-7-15(31)8-6-13/h1-8,11,31H,9-10,12H2,(H2,22,26)(H,25,32)/b23-11+. The number of amides is 1. The number of carbonyl (C=O) groups is 1. The van der Waals surface area contributed by atoms with Crippen LogP contribution in [0.1, 0.15) is 27.3 Å². The predicted octanol–water partition coefficient (Wildman–Crippen LogP) is 1.26. The number of anilines is 2. The van der Waals surface area contributed by atoms with Crippen molar-refractivity contribution in [2.45, 2.75) is 13.0 Å². The number of nitrogens with one attached hydrogen (secondary N) is 1. The Morgan fingerprint density at radius 3 is 2.82 bits per heavy atom. The summed E-state index contributed by atoms with van der Waals surface area (Å²) in [6.07, 6.45) is 2.35. The minimum absolute atomic E-state index is 0.0280. The Bertz CT molecular complexity index is 1330. The second-order valence-corrected chi connectivity index (χ2v) is 7.36. The second-order valence-electron chi connectivity index (χ2n) is 7.36. The molecule has 0 unspecified atom stereocenters. The maximum absolute atomic E-state index is 12.9. The SMILES string of the molecule is Nc1nonc1-n1nnc(C(=O)N/N=C/c2ccc(O)cc2)c1CN1CCc2ccccc21. The fourth-order valence-electron chi connectivity index (χ4n) is 3.66. The Labute approximate surface area is 187 Å². The largest absolute Gasteiger partial charge is 0.508 e. The number of fused-ring (bicyclic) bond motifs is 1. The van der Waals surface area contributed by atoms with Gasteiger partial charge in [0.1, 0.15) is 5.75 Å². The van der Waals surface area contributed by atoms with Crippen molar-refractivity contribution >= 4 is 23.6 Å². The Hall–Kier alpha value is -4.74. The van der Waals surface area contributed by atoms with E-state index in [0.717, 1.165) is 18.7 Å². The van der Waals surface area contributed by atoms with E-state index in [1.807, 2.05) is 18.2 Å². The minimum Gasteiger partial charge on any atom is -0.508 e. The number of nitrogen functional groups attached to an aromatic ring is 1. The molecule has 0 spiro atoms. The summed E-state index contributed by atoms with van der Waals surface area (Å²) in [6, 6.07) is 14.5. The predicted molar refractivity (Wildman–Crippen MR) is 118 cm³/mol. The lowest BCUT2D eigenvalue weighted by Crippen LogP contribution is -2.26. The number of aromatic nitrogens is 5. The quantitative estimate of drug-likeness (QED) is 0.293. The molecular formula is C21H19N9O3. The molecule has 0 radical (unpaired) electrons. The summed E-state index contributed by atoms with van der Waals surface area (Å²) >= 11 is 0. The Balaban J connectivity index is 1.43. The van der Waals surface area contributed by atoms with Gasteiger partial charge in [0, 0.05) is 12.2 Å². The van der Waals surface area contributed by atoms with Crippen molar-refractivity contribution in [3.05, 3.63) is 71.0 Å². The maximum atomic E-state index is 12.9. The first-order valence-corrected chi connectivity index (χ1v) is 10.1. The lowest BCUT2D eigenvalue weighted by molar-refractivity contribution is 0.0949. The van der Waals surface area contributed by atoms with Gasteiger partial charge in [-0.3, -0.25) is 4.79 Å². The summed E-state index contributed by atoms with van der Waals surface area (Å²) in [7, 11) is 0. The van der Waals surface area contributed by atoms with E-state index in [-0.39, 0.29) is 23.1 Å². The Kier molecular flexibility index (Phi) is 5.15. The first kappa shape index (κ1) is 20.2. The molecule has 4 aromatic rings. The number of nitrogens with two attached hydrogens (primary N) is 1. The summed E-state index contributed by atoms with van der Waals surface area (Å²) in [4.78, 5) is 15.0. The molecule has 12 heteroatoms. The van der Waals surface area contributed by atoms with Crippen molar-refractivity contribution in [2.24, 2.45) is 5.10 Å². The van der Waals surface area contributed by atoms with Crippen molar-refractivity contribution in [3.63, 3.8) is 0 Å². The molecule has 4 N–H and O–H groups in total. The topological polar surface area (TPSA) is 161 Å². The van der Waals surface area contributed by atoms with Crippen LogP contribution in [0.15, 0.2) is 58.3 Å². The highest BCUT2D eigenvalue weighted by Gasteiger charge is 2.27. The van der Waals surface area contributed by atoms with Crippen LogP contribution in [0.5, 0.6) is 5.75 Å². The molecule has 5 rings (SSSR count). The average molecular weight is 445 g/mol. The van der Waals surface area contributed by atoms with E-state index in [0.29, 0.717) is 17.8 Å². The Morgan fingerprint density at radius 2 is 2.03 bits per heavy atom. The van der Waals surface area contributed by atoms with Gasteiger partial charge in [0.05, 0.1) is 18.5 Å².